The predicted octanol–water partition coefficient (Wildman–Crippen LogP) is 4.44. The van der Waals surface area contributed by atoms with Gasteiger partial charge in [-0.05, 0) is 44.0 Å². The normalized spacial score (nSPS) is 19.3. The van der Waals surface area contributed by atoms with Gasteiger partial charge in [0.25, 0.3) is 0 Å². The molecule has 20 heavy (non-hydrogen) atoms. The van der Waals surface area contributed by atoms with E-state index in [1.54, 1.807) is 24.3 Å². The van der Waals surface area contributed by atoms with Crippen molar-refractivity contribution in [2.45, 2.75) is 45.1 Å². The Morgan fingerprint density at radius 2 is 1.75 bits per heavy atom. The molecule has 1 aliphatic carbocycles. The average Bonchev–Trinajstić information content (AvgIpc) is 2.39. The second kappa shape index (κ2) is 6.55. The number of hydrogen-bond acceptors (Lipinski definition) is 4. The largest absolute Gasteiger partial charge is 0.425 e. The smallest absolute Gasteiger partial charge is 0.376 e. The van der Waals surface area contributed by atoms with E-state index in [9.17, 15) is 9.36 Å². The molecule has 0 spiro atoms. The molecule has 0 N–H and O–H groups in total. The van der Waals surface area contributed by atoms with Crippen LogP contribution in [-0.4, -0.2) is 18.6 Å². The summed E-state index contributed by atoms with van der Waals surface area (Å²) in [6.07, 6.45) is 5.41. The quantitative estimate of drug-likeness (QED) is 0.595. The minimum atomic E-state index is -3.11. The zero-order valence-electron chi connectivity index (χ0n) is 12.0. The molecule has 1 aromatic rings. The van der Waals surface area contributed by atoms with Crippen LogP contribution in [0.5, 0.6) is 5.75 Å². The number of rotatable bonds is 5. The highest BCUT2D eigenvalue weighted by atomic mass is 31.2. The molecule has 0 amide bonds. The monoisotopic (exact) mass is 296 g/mol. The van der Waals surface area contributed by atoms with Gasteiger partial charge in [0.05, 0.1) is 6.10 Å². The molecule has 1 saturated carbocycles. The number of carbonyl (C=O) groups excluding carboxylic acids is 1. The summed E-state index contributed by atoms with van der Waals surface area (Å²) in [6.45, 7) is 3.01. The van der Waals surface area contributed by atoms with Crippen LogP contribution in [0.25, 0.3) is 0 Å². The number of carbonyl (C=O) groups is 1. The van der Waals surface area contributed by atoms with Crippen molar-refractivity contribution in [1.29, 1.82) is 0 Å². The van der Waals surface area contributed by atoms with Crippen LogP contribution in [0.1, 0.15) is 49.4 Å². The van der Waals surface area contributed by atoms with Gasteiger partial charge >= 0.3 is 7.60 Å². The number of Topliss-reactive ketones (excluding diaryl/α,β-unsaturated/α-hetero) is 1. The molecule has 4 nitrogen and oxygen atoms in total. The van der Waals surface area contributed by atoms with Crippen LogP contribution in [0.4, 0.5) is 0 Å². The summed E-state index contributed by atoms with van der Waals surface area (Å²) >= 11 is 0. The lowest BCUT2D eigenvalue weighted by molar-refractivity contribution is 0.101. The summed E-state index contributed by atoms with van der Waals surface area (Å²) < 4.78 is 23.4. The molecule has 1 aliphatic rings. The third-order valence-electron chi connectivity index (χ3n) is 3.42. The maximum atomic E-state index is 12.4. The fourth-order valence-electron chi connectivity index (χ4n) is 2.40. The Morgan fingerprint density at radius 1 is 1.15 bits per heavy atom. The van der Waals surface area contributed by atoms with Gasteiger partial charge in [0.2, 0.25) is 0 Å². The van der Waals surface area contributed by atoms with Gasteiger partial charge in [0, 0.05) is 12.2 Å². The third-order valence-corrected chi connectivity index (χ3v) is 4.65. The molecular formula is C15H21O4P. The summed E-state index contributed by atoms with van der Waals surface area (Å²) in [6, 6.07) is 6.63. The van der Waals surface area contributed by atoms with Gasteiger partial charge in [-0.25, -0.2) is 4.57 Å². The van der Waals surface area contributed by atoms with Crippen molar-refractivity contribution in [3.63, 3.8) is 0 Å². The molecule has 0 radical (unpaired) electrons. The number of hydrogen-bond donors (Lipinski definition) is 0. The van der Waals surface area contributed by atoms with Gasteiger partial charge in [-0.3, -0.25) is 9.32 Å². The molecule has 1 aromatic carbocycles. The van der Waals surface area contributed by atoms with Crippen LogP contribution in [0.3, 0.4) is 0 Å². The summed E-state index contributed by atoms with van der Waals surface area (Å²) in [7, 11) is -3.11. The highest BCUT2D eigenvalue weighted by Crippen LogP contribution is 2.47. The van der Waals surface area contributed by atoms with Crippen LogP contribution >= 0.6 is 7.60 Å². The molecule has 2 rings (SSSR count). The van der Waals surface area contributed by atoms with E-state index in [0.717, 1.165) is 25.7 Å². The molecule has 0 aromatic heterocycles. The molecular weight excluding hydrogens is 275 g/mol. The van der Waals surface area contributed by atoms with Crippen LogP contribution in [0.2, 0.25) is 0 Å². The van der Waals surface area contributed by atoms with E-state index >= 15 is 0 Å². The fourth-order valence-corrected chi connectivity index (χ4v) is 3.70. The number of benzene rings is 1. The van der Waals surface area contributed by atoms with Gasteiger partial charge in [-0.15, -0.1) is 0 Å². The SMILES string of the molecule is CC(=O)c1ccc(OP(C)(=O)OC2CCCCC2)cc1. The average molecular weight is 296 g/mol. The van der Waals surface area contributed by atoms with Gasteiger partial charge in [0.15, 0.2) is 5.78 Å². The Balaban J connectivity index is 1.96. The van der Waals surface area contributed by atoms with Crippen LogP contribution in [0, 0.1) is 0 Å². The summed E-state index contributed by atoms with van der Waals surface area (Å²) in [4.78, 5) is 11.2. The molecule has 1 fully saturated rings. The van der Waals surface area contributed by atoms with E-state index in [1.807, 2.05) is 0 Å². The first-order chi connectivity index (χ1) is 9.46. The standard InChI is InChI=1S/C15H21O4P/c1-12(16)13-8-10-15(11-9-13)19-20(2,17)18-14-6-4-3-5-7-14/h8-11,14H,3-7H2,1-2H3. The van der Waals surface area contributed by atoms with E-state index in [-0.39, 0.29) is 11.9 Å². The van der Waals surface area contributed by atoms with Crippen LogP contribution in [-0.2, 0) is 9.09 Å². The Labute approximate surface area is 120 Å². The van der Waals surface area contributed by atoms with Crippen molar-refractivity contribution in [2.24, 2.45) is 0 Å². The highest BCUT2D eigenvalue weighted by Gasteiger charge is 2.25. The second-order valence-corrected chi connectivity index (χ2v) is 7.24. The molecule has 0 bridgehead atoms. The van der Waals surface area contributed by atoms with Gasteiger partial charge in [0.1, 0.15) is 5.75 Å². The lowest BCUT2D eigenvalue weighted by Crippen LogP contribution is -2.16. The van der Waals surface area contributed by atoms with Crippen molar-refractivity contribution in [2.75, 3.05) is 6.66 Å². The van der Waals surface area contributed by atoms with E-state index in [0.29, 0.717) is 11.3 Å². The molecule has 1 unspecified atom stereocenters. The second-order valence-electron chi connectivity index (χ2n) is 5.31. The first-order valence-corrected chi connectivity index (χ1v) is 9.02. The fraction of sp³-hybridized carbons (Fsp3) is 0.533. The Bertz CT molecular complexity index is 503. The van der Waals surface area contributed by atoms with Crippen LogP contribution in [0.15, 0.2) is 24.3 Å². The zero-order chi connectivity index (χ0) is 14.6. The molecule has 0 aliphatic heterocycles. The lowest BCUT2D eigenvalue weighted by Gasteiger charge is -2.25. The first-order valence-electron chi connectivity index (χ1n) is 7.03. The van der Waals surface area contributed by atoms with E-state index in [1.165, 1.54) is 20.0 Å². The van der Waals surface area contributed by atoms with Gasteiger partial charge < -0.3 is 4.52 Å². The Kier molecular flexibility index (Phi) is 5.00. The third kappa shape index (κ3) is 4.46. The maximum Gasteiger partial charge on any atom is 0.376 e. The van der Waals surface area contributed by atoms with Crippen molar-refractivity contribution in [3.05, 3.63) is 29.8 Å². The van der Waals surface area contributed by atoms with E-state index in [4.69, 9.17) is 9.05 Å². The van der Waals surface area contributed by atoms with Crippen LogP contribution < -0.4 is 4.52 Å². The molecule has 0 heterocycles. The first kappa shape index (κ1) is 15.3. The van der Waals surface area contributed by atoms with E-state index in [2.05, 4.69) is 0 Å². The Hall–Kier alpha value is -1.12. The summed E-state index contributed by atoms with van der Waals surface area (Å²) in [5.41, 5.74) is 0.608. The minimum absolute atomic E-state index is 0.00492. The topological polar surface area (TPSA) is 52.6 Å². The molecule has 0 saturated heterocycles. The Morgan fingerprint density at radius 3 is 2.30 bits per heavy atom. The molecule has 1 atom stereocenters. The van der Waals surface area contributed by atoms with Gasteiger partial charge in [-0.2, -0.15) is 0 Å². The predicted molar refractivity (Wildman–Crippen MR) is 78.6 cm³/mol. The highest BCUT2D eigenvalue weighted by molar-refractivity contribution is 7.53. The number of ketones is 1. The van der Waals surface area contributed by atoms with Crippen molar-refractivity contribution in [1.82, 2.24) is 0 Å². The molecule has 5 heteroatoms. The van der Waals surface area contributed by atoms with Crippen molar-refractivity contribution < 1.29 is 18.4 Å². The maximum absolute atomic E-state index is 12.4. The van der Waals surface area contributed by atoms with Crippen molar-refractivity contribution >= 4 is 13.4 Å². The minimum Gasteiger partial charge on any atom is -0.425 e. The zero-order valence-corrected chi connectivity index (χ0v) is 12.9. The lowest BCUT2D eigenvalue weighted by atomic mass is 9.98. The van der Waals surface area contributed by atoms with Gasteiger partial charge in [-0.1, -0.05) is 19.3 Å². The molecule has 110 valence electrons. The van der Waals surface area contributed by atoms with Crippen molar-refractivity contribution in [3.8, 4) is 5.75 Å². The van der Waals surface area contributed by atoms with E-state index < -0.39 is 7.60 Å². The summed E-state index contributed by atoms with van der Waals surface area (Å²) in [5, 5.41) is 0. The summed E-state index contributed by atoms with van der Waals surface area (Å²) in [5.74, 6) is 0.464.